The van der Waals surface area contributed by atoms with E-state index in [9.17, 15) is 22.8 Å². The van der Waals surface area contributed by atoms with Gasteiger partial charge in [0.15, 0.2) is 6.10 Å². The van der Waals surface area contributed by atoms with Crippen molar-refractivity contribution < 1.29 is 32.3 Å². The molecule has 0 aliphatic carbocycles. The number of amides is 2. The normalized spacial score (nSPS) is 21.7. The van der Waals surface area contributed by atoms with Crippen molar-refractivity contribution >= 4 is 23.2 Å². The van der Waals surface area contributed by atoms with Crippen molar-refractivity contribution in [2.45, 2.75) is 31.7 Å². The molecule has 2 saturated heterocycles. The summed E-state index contributed by atoms with van der Waals surface area (Å²) < 4.78 is 46.0. The third-order valence-corrected chi connectivity index (χ3v) is 6.25. The van der Waals surface area contributed by atoms with Crippen LogP contribution in [0.5, 0.6) is 5.75 Å². The average Bonchev–Trinajstić information content (AvgIpc) is 3.39. The minimum atomic E-state index is -4.56. The Morgan fingerprint density at radius 3 is 2.28 bits per heavy atom. The lowest BCUT2D eigenvalue weighted by Gasteiger charge is -2.29. The molecule has 5 rings (SSSR count). The number of alkyl halides is 3. The highest BCUT2D eigenvalue weighted by molar-refractivity contribution is 6.23. The lowest BCUT2D eigenvalue weighted by atomic mass is 9.89. The molecule has 2 heterocycles. The van der Waals surface area contributed by atoms with Crippen LogP contribution in [0.4, 0.5) is 24.5 Å². The number of rotatable bonds is 6. The van der Waals surface area contributed by atoms with Crippen molar-refractivity contribution in [1.29, 1.82) is 0 Å². The van der Waals surface area contributed by atoms with Gasteiger partial charge in [-0.05, 0) is 60.5 Å². The first-order valence-corrected chi connectivity index (χ1v) is 11.6. The Kier molecular flexibility index (Phi) is 6.17. The third kappa shape index (κ3) is 4.19. The average molecular weight is 496 g/mol. The summed E-state index contributed by atoms with van der Waals surface area (Å²) in [6.45, 7) is 2.52. The number of para-hydroxylation sites is 1. The number of fused-ring (bicyclic) bond motifs is 1. The van der Waals surface area contributed by atoms with E-state index in [1.54, 1.807) is 54.6 Å². The molecule has 3 atom stereocenters. The molecule has 2 fully saturated rings. The summed E-state index contributed by atoms with van der Waals surface area (Å²) in [6, 6.07) is 19.1. The molecule has 0 N–H and O–H groups in total. The number of carbonyl (C=O) groups excluding carboxylic acids is 2. The van der Waals surface area contributed by atoms with E-state index in [-0.39, 0.29) is 5.56 Å². The van der Waals surface area contributed by atoms with Gasteiger partial charge in [0.1, 0.15) is 11.7 Å². The number of ether oxygens (including phenoxy) is 1. The molecule has 0 saturated carbocycles. The first-order chi connectivity index (χ1) is 17.3. The molecule has 9 heteroatoms. The number of hydrogen-bond acceptors (Lipinski definition) is 5. The summed E-state index contributed by atoms with van der Waals surface area (Å²) in [5.74, 6) is -1.53. The van der Waals surface area contributed by atoms with Crippen molar-refractivity contribution in [2.75, 3.05) is 16.6 Å². The van der Waals surface area contributed by atoms with E-state index >= 15 is 0 Å². The molecule has 2 aliphatic rings. The van der Waals surface area contributed by atoms with E-state index in [2.05, 4.69) is 0 Å². The van der Waals surface area contributed by atoms with Crippen molar-refractivity contribution in [1.82, 2.24) is 0 Å². The maximum absolute atomic E-state index is 13.6. The third-order valence-electron chi connectivity index (χ3n) is 6.25. The second kappa shape index (κ2) is 9.31. The van der Waals surface area contributed by atoms with Crippen LogP contribution in [0.1, 0.15) is 30.5 Å². The first kappa shape index (κ1) is 23.9. The van der Waals surface area contributed by atoms with Crippen molar-refractivity contribution in [3.63, 3.8) is 0 Å². The predicted molar refractivity (Wildman–Crippen MR) is 126 cm³/mol. The smallest absolute Gasteiger partial charge is 0.416 e. The van der Waals surface area contributed by atoms with Gasteiger partial charge in [-0.25, -0.2) is 9.96 Å². The molecule has 0 bridgehead atoms. The largest absolute Gasteiger partial charge is 0.494 e. The van der Waals surface area contributed by atoms with Gasteiger partial charge >= 0.3 is 6.18 Å². The molecule has 2 aliphatic heterocycles. The van der Waals surface area contributed by atoms with Crippen LogP contribution < -0.4 is 14.7 Å². The minimum Gasteiger partial charge on any atom is -0.494 e. The highest BCUT2D eigenvalue weighted by Gasteiger charge is 2.60. The van der Waals surface area contributed by atoms with Gasteiger partial charge in [-0.1, -0.05) is 37.3 Å². The Morgan fingerprint density at radius 2 is 1.61 bits per heavy atom. The minimum absolute atomic E-state index is 0.229. The molecule has 6 nitrogen and oxygen atoms in total. The van der Waals surface area contributed by atoms with E-state index in [0.29, 0.717) is 23.7 Å². The summed E-state index contributed by atoms with van der Waals surface area (Å²) in [4.78, 5) is 34.1. The maximum atomic E-state index is 13.6. The topological polar surface area (TPSA) is 59.1 Å². The molecule has 3 aromatic carbocycles. The Balaban J connectivity index is 1.53. The number of anilines is 2. The van der Waals surface area contributed by atoms with Crippen LogP contribution in [0.2, 0.25) is 0 Å². The van der Waals surface area contributed by atoms with Gasteiger partial charge in [-0.15, -0.1) is 0 Å². The van der Waals surface area contributed by atoms with Crippen LogP contribution in [-0.4, -0.2) is 24.5 Å². The van der Waals surface area contributed by atoms with E-state index in [1.165, 1.54) is 17.2 Å². The second-order valence-corrected chi connectivity index (χ2v) is 8.64. The summed E-state index contributed by atoms with van der Waals surface area (Å²) in [7, 11) is 0. The van der Waals surface area contributed by atoms with E-state index in [4.69, 9.17) is 9.57 Å². The predicted octanol–water partition coefficient (Wildman–Crippen LogP) is 5.55. The van der Waals surface area contributed by atoms with Gasteiger partial charge in [-0.2, -0.15) is 13.2 Å². The number of benzene rings is 3. The van der Waals surface area contributed by atoms with Gasteiger partial charge in [0.25, 0.3) is 5.91 Å². The fraction of sp³-hybridized carbons (Fsp3) is 0.259. The zero-order valence-electron chi connectivity index (χ0n) is 19.3. The second-order valence-electron chi connectivity index (χ2n) is 8.64. The van der Waals surface area contributed by atoms with Crippen LogP contribution in [-0.2, 0) is 20.6 Å². The quantitative estimate of drug-likeness (QED) is 0.419. The molecule has 36 heavy (non-hydrogen) atoms. The van der Waals surface area contributed by atoms with Gasteiger partial charge in [0.05, 0.1) is 29.6 Å². The highest BCUT2D eigenvalue weighted by atomic mass is 19.4. The number of imide groups is 1. The number of hydroxylamine groups is 1. The highest BCUT2D eigenvalue weighted by Crippen LogP contribution is 2.48. The van der Waals surface area contributed by atoms with Gasteiger partial charge in [0.2, 0.25) is 5.91 Å². The van der Waals surface area contributed by atoms with Crippen LogP contribution >= 0.6 is 0 Å². The first-order valence-electron chi connectivity index (χ1n) is 11.6. The molecule has 2 amide bonds. The fourth-order valence-corrected chi connectivity index (χ4v) is 4.62. The molecule has 0 radical (unpaired) electrons. The van der Waals surface area contributed by atoms with Gasteiger partial charge in [-0.3, -0.25) is 14.4 Å². The molecular weight excluding hydrogens is 473 g/mol. The summed E-state index contributed by atoms with van der Waals surface area (Å²) >= 11 is 0. The lowest BCUT2D eigenvalue weighted by Crippen LogP contribution is -2.37. The zero-order chi connectivity index (χ0) is 25.4. The Bertz CT molecular complexity index is 1260. The summed E-state index contributed by atoms with van der Waals surface area (Å²) in [5.41, 5.74) is 0.264. The Labute approximate surface area is 205 Å². The van der Waals surface area contributed by atoms with Crippen molar-refractivity contribution in [2.24, 2.45) is 5.92 Å². The van der Waals surface area contributed by atoms with Gasteiger partial charge in [0, 0.05) is 0 Å². The summed E-state index contributed by atoms with van der Waals surface area (Å²) in [5, 5.41) is 1.37. The van der Waals surface area contributed by atoms with Crippen molar-refractivity contribution in [3.8, 4) is 5.75 Å². The molecule has 0 unspecified atom stereocenters. The zero-order valence-corrected chi connectivity index (χ0v) is 19.3. The summed E-state index contributed by atoms with van der Waals surface area (Å²) in [6.07, 6.45) is -4.90. The number of carbonyl (C=O) groups is 2. The van der Waals surface area contributed by atoms with E-state index < -0.39 is 41.6 Å². The lowest BCUT2D eigenvalue weighted by molar-refractivity contribution is -0.137. The molecule has 3 aromatic rings. The molecule has 0 aromatic heterocycles. The number of nitrogens with zero attached hydrogens (tertiary/aromatic N) is 2. The molecular formula is C27H23F3N2O4. The Hall–Kier alpha value is -3.85. The van der Waals surface area contributed by atoms with Crippen molar-refractivity contribution in [3.05, 3.63) is 90.0 Å². The Morgan fingerprint density at radius 1 is 0.889 bits per heavy atom. The van der Waals surface area contributed by atoms with E-state index in [0.717, 1.165) is 23.5 Å². The maximum Gasteiger partial charge on any atom is 0.416 e. The fourth-order valence-electron chi connectivity index (χ4n) is 4.62. The molecule has 0 spiro atoms. The van der Waals surface area contributed by atoms with Crippen LogP contribution in [0, 0.1) is 5.92 Å². The van der Waals surface area contributed by atoms with E-state index in [1.807, 2.05) is 6.92 Å². The number of hydrogen-bond donors (Lipinski definition) is 0. The van der Waals surface area contributed by atoms with Crippen LogP contribution in [0.25, 0.3) is 0 Å². The molecule has 186 valence electrons. The monoisotopic (exact) mass is 496 g/mol. The van der Waals surface area contributed by atoms with Crippen LogP contribution in [0.3, 0.4) is 0 Å². The van der Waals surface area contributed by atoms with Crippen LogP contribution in [0.15, 0.2) is 78.9 Å². The standard InChI is InChI=1S/C27H23F3N2O4/c1-2-15-35-21-13-11-19(12-14-21)31-25(33)22-23(17-7-6-8-18(16-17)27(28,29)30)32(36-24(22)26(31)34)20-9-4-3-5-10-20/h3-14,16,22-24H,2,15H2,1H3/t22-,23+,24+/m1/s1. The SMILES string of the molecule is CCCOc1ccc(N2C(=O)[C@H]3[C@H](ON(c4ccccc4)[C@H]3c3cccc(C(F)(F)F)c3)C2=O)cc1. The number of halogens is 3. The van der Waals surface area contributed by atoms with Gasteiger partial charge < -0.3 is 4.74 Å².